The number of anilines is 3. The van der Waals surface area contributed by atoms with Crippen molar-refractivity contribution in [1.82, 2.24) is 15.0 Å². The highest BCUT2D eigenvalue weighted by atomic mass is 16.3. The lowest BCUT2D eigenvalue weighted by Gasteiger charge is -2.28. The second kappa shape index (κ2) is 5.78. The van der Waals surface area contributed by atoms with Gasteiger partial charge in [0, 0.05) is 26.2 Å². The highest BCUT2D eigenvalue weighted by Crippen LogP contribution is 2.20. The molecule has 0 spiro atoms. The van der Waals surface area contributed by atoms with Crippen molar-refractivity contribution >= 4 is 17.8 Å². The van der Waals surface area contributed by atoms with Crippen molar-refractivity contribution in [2.75, 3.05) is 41.7 Å². The number of hydrogen-bond donors (Lipinski definition) is 2. The summed E-state index contributed by atoms with van der Waals surface area (Å²) >= 11 is 0. The zero-order valence-electron chi connectivity index (χ0n) is 12.5. The number of nitrogens with two attached hydrogens (primary N) is 1. The van der Waals surface area contributed by atoms with Crippen LogP contribution in [0.15, 0.2) is 0 Å². The summed E-state index contributed by atoms with van der Waals surface area (Å²) in [6, 6.07) is 0. The molecule has 1 aromatic rings. The van der Waals surface area contributed by atoms with Crippen LogP contribution in [0, 0.1) is 0 Å². The van der Waals surface area contributed by atoms with Gasteiger partial charge in [-0.05, 0) is 33.6 Å². The third-order valence-corrected chi connectivity index (χ3v) is 3.26. The van der Waals surface area contributed by atoms with E-state index in [0.717, 1.165) is 25.9 Å². The van der Waals surface area contributed by atoms with E-state index in [-0.39, 0.29) is 5.95 Å². The number of aromatic nitrogens is 3. The van der Waals surface area contributed by atoms with Crippen LogP contribution in [-0.2, 0) is 0 Å². The molecular weight excluding hydrogens is 256 g/mol. The van der Waals surface area contributed by atoms with Crippen LogP contribution in [0.3, 0.4) is 0 Å². The predicted octanol–water partition coefficient (Wildman–Crippen LogP) is 0.651. The minimum atomic E-state index is -0.814. The average molecular weight is 280 g/mol. The van der Waals surface area contributed by atoms with E-state index < -0.39 is 5.60 Å². The molecule has 0 radical (unpaired) electrons. The Kier molecular flexibility index (Phi) is 4.27. The number of likely N-dealkylation sites (N-methyl/N-ethyl adjacent to an activating group) is 1. The van der Waals surface area contributed by atoms with Gasteiger partial charge >= 0.3 is 0 Å². The van der Waals surface area contributed by atoms with Gasteiger partial charge in [0.1, 0.15) is 0 Å². The minimum absolute atomic E-state index is 0.228. The van der Waals surface area contributed by atoms with Crippen LogP contribution in [-0.4, -0.2) is 51.8 Å². The fraction of sp³-hybridized carbons (Fsp3) is 0.769. The molecule has 20 heavy (non-hydrogen) atoms. The first-order valence-corrected chi connectivity index (χ1v) is 7.13. The highest BCUT2D eigenvalue weighted by Gasteiger charge is 2.22. The normalized spacial score (nSPS) is 15.7. The third kappa shape index (κ3) is 3.69. The lowest BCUT2D eigenvalue weighted by Crippen LogP contribution is -2.40. The van der Waals surface area contributed by atoms with Crippen molar-refractivity contribution in [1.29, 1.82) is 0 Å². The summed E-state index contributed by atoms with van der Waals surface area (Å²) in [5.41, 5.74) is 4.99. The molecule has 112 valence electrons. The van der Waals surface area contributed by atoms with Gasteiger partial charge in [0.15, 0.2) is 0 Å². The first-order valence-electron chi connectivity index (χ1n) is 7.13. The van der Waals surface area contributed by atoms with E-state index >= 15 is 0 Å². The Morgan fingerprint density at radius 1 is 1.25 bits per heavy atom. The molecule has 0 aliphatic carbocycles. The van der Waals surface area contributed by atoms with E-state index in [1.54, 1.807) is 13.8 Å². The Morgan fingerprint density at radius 3 is 2.45 bits per heavy atom. The quantitative estimate of drug-likeness (QED) is 0.818. The number of rotatable bonds is 5. The Hall–Kier alpha value is -1.63. The van der Waals surface area contributed by atoms with Crippen LogP contribution in [0.2, 0.25) is 0 Å². The number of nitrogen functional groups attached to an aromatic ring is 1. The predicted molar refractivity (Wildman–Crippen MR) is 79.9 cm³/mol. The number of hydrogen-bond acceptors (Lipinski definition) is 7. The fourth-order valence-electron chi connectivity index (χ4n) is 2.36. The molecule has 2 rings (SSSR count). The van der Waals surface area contributed by atoms with E-state index in [9.17, 15) is 5.11 Å². The minimum Gasteiger partial charge on any atom is -0.389 e. The molecule has 0 atom stereocenters. The van der Waals surface area contributed by atoms with Crippen molar-refractivity contribution in [2.45, 2.75) is 39.2 Å². The topological polar surface area (TPSA) is 91.4 Å². The first kappa shape index (κ1) is 14.8. The van der Waals surface area contributed by atoms with Crippen LogP contribution in [0.1, 0.15) is 33.6 Å². The van der Waals surface area contributed by atoms with E-state index in [2.05, 4.69) is 19.9 Å². The summed E-state index contributed by atoms with van der Waals surface area (Å²) < 4.78 is 0. The highest BCUT2D eigenvalue weighted by molar-refractivity contribution is 5.44. The molecule has 1 aromatic heterocycles. The van der Waals surface area contributed by atoms with Gasteiger partial charge in [0.2, 0.25) is 17.8 Å². The van der Waals surface area contributed by atoms with Gasteiger partial charge in [0.05, 0.1) is 5.60 Å². The molecule has 3 N–H and O–H groups in total. The van der Waals surface area contributed by atoms with E-state index in [1.165, 1.54) is 0 Å². The van der Waals surface area contributed by atoms with Gasteiger partial charge < -0.3 is 20.6 Å². The third-order valence-electron chi connectivity index (χ3n) is 3.26. The average Bonchev–Trinajstić information content (AvgIpc) is 2.88. The van der Waals surface area contributed by atoms with Gasteiger partial charge in [-0.1, -0.05) is 0 Å². The van der Waals surface area contributed by atoms with Crippen LogP contribution in [0.25, 0.3) is 0 Å². The molecule has 1 aliphatic heterocycles. The molecule has 7 nitrogen and oxygen atoms in total. The van der Waals surface area contributed by atoms with Crippen molar-refractivity contribution < 1.29 is 5.11 Å². The van der Waals surface area contributed by atoms with Crippen LogP contribution in [0.5, 0.6) is 0 Å². The van der Waals surface area contributed by atoms with Crippen LogP contribution in [0.4, 0.5) is 17.8 Å². The van der Waals surface area contributed by atoms with Crippen LogP contribution < -0.4 is 15.5 Å². The first-order chi connectivity index (χ1) is 9.39. The summed E-state index contributed by atoms with van der Waals surface area (Å²) in [5.74, 6) is 1.40. The van der Waals surface area contributed by atoms with Crippen molar-refractivity contribution in [2.24, 2.45) is 0 Å². The molecule has 0 bridgehead atoms. The number of nitrogens with zero attached hydrogens (tertiary/aromatic N) is 5. The van der Waals surface area contributed by atoms with Gasteiger partial charge in [-0.3, -0.25) is 0 Å². The lowest BCUT2D eigenvalue weighted by atomic mass is 10.1. The largest absolute Gasteiger partial charge is 0.389 e. The molecule has 0 saturated carbocycles. The monoisotopic (exact) mass is 280 g/mol. The Morgan fingerprint density at radius 2 is 1.90 bits per heavy atom. The smallest absolute Gasteiger partial charge is 0.232 e. The van der Waals surface area contributed by atoms with E-state index in [0.29, 0.717) is 25.0 Å². The van der Waals surface area contributed by atoms with Gasteiger partial charge in [-0.25, -0.2) is 0 Å². The maximum absolute atomic E-state index is 9.98. The van der Waals surface area contributed by atoms with Gasteiger partial charge in [-0.15, -0.1) is 0 Å². The Balaban J connectivity index is 2.25. The molecule has 1 fully saturated rings. The zero-order valence-corrected chi connectivity index (χ0v) is 12.5. The molecule has 1 saturated heterocycles. The molecular formula is C13H24N6O. The molecule has 7 heteroatoms. The Labute approximate surface area is 119 Å². The van der Waals surface area contributed by atoms with Gasteiger partial charge in [-0.2, -0.15) is 15.0 Å². The van der Waals surface area contributed by atoms with Crippen molar-refractivity contribution in [3.63, 3.8) is 0 Å². The van der Waals surface area contributed by atoms with E-state index in [4.69, 9.17) is 5.73 Å². The molecule has 2 heterocycles. The molecule has 0 unspecified atom stereocenters. The molecule has 0 amide bonds. The lowest BCUT2D eigenvalue weighted by molar-refractivity contribution is 0.0872. The van der Waals surface area contributed by atoms with Crippen molar-refractivity contribution in [3.8, 4) is 0 Å². The Bertz CT molecular complexity index is 453. The zero-order chi connectivity index (χ0) is 14.8. The summed E-state index contributed by atoms with van der Waals surface area (Å²) in [6.45, 7) is 8.60. The summed E-state index contributed by atoms with van der Waals surface area (Å²) in [5, 5.41) is 9.98. The summed E-state index contributed by atoms with van der Waals surface area (Å²) in [7, 11) is 0. The van der Waals surface area contributed by atoms with E-state index in [1.807, 2.05) is 11.8 Å². The maximum Gasteiger partial charge on any atom is 0.232 e. The second-order valence-electron chi connectivity index (χ2n) is 5.81. The summed E-state index contributed by atoms with van der Waals surface area (Å²) in [4.78, 5) is 17.0. The van der Waals surface area contributed by atoms with Gasteiger partial charge in [0.25, 0.3) is 0 Å². The summed E-state index contributed by atoms with van der Waals surface area (Å²) in [6.07, 6.45) is 2.31. The fourth-order valence-corrected chi connectivity index (χ4v) is 2.36. The molecule has 1 aliphatic rings. The SMILES string of the molecule is CCN(CC(C)(C)O)c1nc(N)nc(N2CCCC2)n1. The maximum atomic E-state index is 9.98. The van der Waals surface area contributed by atoms with Crippen LogP contribution >= 0.6 is 0 Å². The van der Waals surface area contributed by atoms with Crippen molar-refractivity contribution in [3.05, 3.63) is 0 Å². The molecule has 0 aromatic carbocycles. The number of aliphatic hydroxyl groups is 1. The second-order valence-corrected chi connectivity index (χ2v) is 5.81. The standard InChI is InChI=1S/C13H24N6O/c1-4-18(9-13(2,3)20)11-15-10(14)16-12(17-11)19-7-5-6-8-19/h20H,4-9H2,1-3H3,(H2,14,15,16,17).